The van der Waals surface area contributed by atoms with Crippen LogP contribution in [-0.2, 0) is 4.74 Å². The number of morpholine rings is 1. The van der Waals surface area contributed by atoms with E-state index in [1.807, 2.05) is 0 Å². The summed E-state index contributed by atoms with van der Waals surface area (Å²) in [4.78, 5) is 10.2. The molecule has 0 radical (unpaired) electrons. The third kappa shape index (κ3) is 4.88. The molecule has 0 aromatic rings. The molecule has 4 fully saturated rings. The SMILES string of the molecule is CCNC(=NCC(C1CC1)C1CC1)N1CCC(CN2CCOCC2)C1. The number of hydrogen-bond acceptors (Lipinski definition) is 3. The Bertz CT molecular complexity index is 443. The largest absolute Gasteiger partial charge is 0.379 e. The van der Waals surface area contributed by atoms with Crippen molar-refractivity contribution < 1.29 is 4.74 Å². The smallest absolute Gasteiger partial charge is 0.193 e. The molecule has 142 valence electrons. The van der Waals surface area contributed by atoms with Gasteiger partial charge >= 0.3 is 0 Å². The van der Waals surface area contributed by atoms with Crippen LogP contribution >= 0.6 is 0 Å². The Kier molecular flexibility index (Phi) is 5.81. The summed E-state index contributed by atoms with van der Waals surface area (Å²) in [5.74, 6) is 4.82. The third-order valence-electron chi connectivity index (χ3n) is 6.45. The van der Waals surface area contributed by atoms with Crippen molar-refractivity contribution in [2.24, 2.45) is 28.7 Å². The number of rotatable bonds is 7. The van der Waals surface area contributed by atoms with Crippen LogP contribution in [0, 0.1) is 23.7 Å². The van der Waals surface area contributed by atoms with Crippen LogP contribution < -0.4 is 5.32 Å². The Balaban J connectivity index is 1.30. The maximum Gasteiger partial charge on any atom is 0.193 e. The van der Waals surface area contributed by atoms with Gasteiger partial charge in [-0.05, 0) is 62.7 Å². The molecule has 1 N–H and O–H groups in total. The van der Waals surface area contributed by atoms with Gasteiger partial charge in [0, 0.05) is 45.8 Å². The molecule has 4 rings (SSSR count). The first-order chi connectivity index (χ1) is 12.3. The quantitative estimate of drug-likeness (QED) is 0.565. The monoisotopic (exact) mass is 348 g/mol. The van der Waals surface area contributed by atoms with Gasteiger partial charge in [0.25, 0.3) is 0 Å². The summed E-state index contributed by atoms with van der Waals surface area (Å²) in [5, 5.41) is 3.57. The molecule has 2 heterocycles. The fourth-order valence-corrected chi connectivity index (χ4v) is 4.67. The number of nitrogens with one attached hydrogen (secondary N) is 1. The normalized spacial score (nSPS) is 28.8. The molecule has 1 unspecified atom stereocenters. The summed E-state index contributed by atoms with van der Waals surface area (Å²) in [6, 6.07) is 0. The average molecular weight is 349 g/mol. The van der Waals surface area contributed by atoms with Gasteiger partial charge in [-0.3, -0.25) is 9.89 Å². The number of guanidine groups is 1. The van der Waals surface area contributed by atoms with E-state index >= 15 is 0 Å². The van der Waals surface area contributed by atoms with Gasteiger partial charge in [0.05, 0.1) is 13.2 Å². The van der Waals surface area contributed by atoms with Gasteiger partial charge in [-0.2, -0.15) is 0 Å². The first-order valence-electron chi connectivity index (χ1n) is 10.7. The van der Waals surface area contributed by atoms with Crippen molar-refractivity contribution in [2.75, 3.05) is 59.0 Å². The second kappa shape index (κ2) is 8.26. The molecule has 5 heteroatoms. The van der Waals surface area contributed by atoms with Crippen LogP contribution in [0.4, 0.5) is 0 Å². The van der Waals surface area contributed by atoms with Gasteiger partial charge in [-0.15, -0.1) is 0 Å². The number of nitrogens with zero attached hydrogens (tertiary/aromatic N) is 3. The molecule has 2 aliphatic carbocycles. The molecular formula is C20H36N4O. The minimum absolute atomic E-state index is 0.782. The lowest BCUT2D eigenvalue weighted by atomic mass is 9.98. The standard InChI is InChI=1S/C20H36N4O/c1-2-21-20(22-13-19(17-3-4-17)18-5-6-18)24-8-7-16(15-24)14-23-9-11-25-12-10-23/h16-19H,2-15H2,1H3,(H,21,22). The molecule has 0 aromatic carbocycles. The zero-order valence-electron chi connectivity index (χ0n) is 16.0. The minimum Gasteiger partial charge on any atom is -0.379 e. The topological polar surface area (TPSA) is 40.1 Å². The van der Waals surface area contributed by atoms with E-state index in [-0.39, 0.29) is 0 Å². The fourth-order valence-electron chi connectivity index (χ4n) is 4.67. The lowest BCUT2D eigenvalue weighted by Crippen LogP contribution is -2.42. The molecule has 2 saturated heterocycles. The minimum atomic E-state index is 0.782. The first kappa shape index (κ1) is 17.6. The Hall–Kier alpha value is -0.810. The van der Waals surface area contributed by atoms with Crippen molar-refractivity contribution in [3.63, 3.8) is 0 Å². The van der Waals surface area contributed by atoms with Crippen LogP contribution in [0.5, 0.6) is 0 Å². The molecule has 1 atom stereocenters. The van der Waals surface area contributed by atoms with E-state index in [1.54, 1.807) is 0 Å². The summed E-state index contributed by atoms with van der Waals surface area (Å²) in [7, 11) is 0. The summed E-state index contributed by atoms with van der Waals surface area (Å²) in [5.41, 5.74) is 0. The Morgan fingerprint density at radius 2 is 1.80 bits per heavy atom. The van der Waals surface area contributed by atoms with Gasteiger partial charge in [0.15, 0.2) is 5.96 Å². The number of likely N-dealkylation sites (tertiary alicyclic amines) is 1. The van der Waals surface area contributed by atoms with Gasteiger partial charge in [0.2, 0.25) is 0 Å². The maximum atomic E-state index is 5.48. The van der Waals surface area contributed by atoms with Gasteiger partial charge in [0.1, 0.15) is 0 Å². The summed E-state index contributed by atoms with van der Waals surface area (Å²) in [6.07, 6.45) is 7.13. The molecule has 2 aliphatic heterocycles. The Morgan fingerprint density at radius 3 is 2.44 bits per heavy atom. The number of aliphatic imine (C=N–C) groups is 1. The summed E-state index contributed by atoms with van der Waals surface area (Å²) >= 11 is 0. The number of ether oxygens (including phenoxy) is 1. The molecule has 5 nitrogen and oxygen atoms in total. The molecule has 0 aromatic heterocycles. The van der Waals surface area contributed by atoms with E-state index in [0.717, 1.165) is 63.1 Å². The van der Waals surface area contributed by atoms with Crippen LogP contribution in [0.1, 0.15) is 39.0 Å². The van der Waals surface area contributed by atoms with E-state index in [9.17, 15) is 0 Å². The van der Waals surface area contributed by atoms with Gasteiger partial charge in [-0.25, -0.2) is 0 Å². The molecule has 0 bridgehead atoms. The zero-order valence-corrected chi connectivity index (χ0v) is 16.0. The molecular weight excluding hydrogens is 312 g/mol. The van der Waals surface area contributed by atoms with E-state index in [1.165, 1.54) is 57.7 Å². The first-order valence-corrected chi connectivity index (χ1v) is 10.7. The van der Waals surface area contributed by atoms with Gasteiger partial charge < -0.3 is 15.0 Å². The molecule has 0 spiro atoms. The summed E-state index contributed by atoms with van der Waals surface area (Å²) < 4.78 is 5.48. The molecule has 4 aliphatic rings. The lowest BCUT2D eigenvalue weighted by molar-refractivity contribution is 0.0315. The van der Waals surface area contributed by atoms with E-state index in [2.05, 4.69) is 22.0 Å². The van der Waals surface area contributed by atoms with E-state index in [0.29, 0.717) is 0 Å². The van der Waals surface area contributed by atoms with Crippen molar-refractivity contribution in [3.05, 3.63) is 0 Å². The Morgan fingerprint density at radius 1 is 1.08 bits per heavy atom. The van der Waals surface area contributed by atoms with Crippen LogP contribution in [0.2, 0.25) is 0 Å². The zero-order chi connectivity index (χ0) is 17.1. The second-order valence-corrected chi connectivity index (χ2v) is 8.55. The second-order valence-electron chi connectivity index (χ2n) is 8.55. The van der Waals surface area contributed by atoms with Crippen LogP contribution in [0.25, 0.3) is 0 Å². The van der Waals surface area contributed by atoms with Crippen LogP contribution in [-0.4, -0.2) is 74.8 Å². The Labute approximate surface area is 153 Å². The maximum absolute atomic E-state index is 5.48. The predicted octanol–water partition coefficient (Wildman–Crippen LogP) is 2.04. The van der Waals surface area contributed by atoms with Gasteiger partial charge in [-0.1, -0.05) is 0 Å². The fraction of sp³-hybridized carbons (Fsp3) is 0.950. The van der Waals surface area contributed by atoms with Crippen LogP contribution in [0.15, 0.2) is 4.99 Å². The van der Waals surface area contributed by atoms with E-state index < -0.39 is 0 Å². The lowest BCUT2D eigenvalue weighted by Gasteiger charge is -2.29. The molecule has 2 saturated carbocycles. The van der Waals surface area contributed by atoms with E-state index in [4.69, 9.17) is 9.73 Å². The van der Waals surface area contributed by atoms with Crippen molar-refractivity contribution >= 4 is 5.96 Å². The highest BCUT2D eigenvalue weighted by atomic mass is 16.5. The average Bonchev–Trinajstić information content (AvgIpc) is 3.56. The summed E-state index contributed by atoms with van der Waals surface area (Å²) in [6.45, 7) is 11.8. The molecule has 0 amide bonds. The predicted molar refractivity (Wildman–Crippen MR) is 102 cm³/mol. The van der Waals surface area contributed by atoms with Crippen molar-refractivity contribution in [1.29, 1.82) is 0 Å². The highest BCUT2D eigenvalue weighted by molar-refractivity contribution is 5.80. The third-order valence-corrected chi connectivity index (χ3v) is 6.45. The number of hydrogen-bond donors (Lipinski definition) is 1. The van der Waals surface area contributed by atoms with Crippen molar-refractivity contribution in [1.82, 2.24) is 15.1 Å². The van der Waals surface area contributed by atoms with Crippen molar-refractivity contribution in [2.45, 2.75) is 39.0 Å². The highest BCUT2D eigenvalue weighted by Gasteiger charge is 2.41. The van der Waals surface area contributed by atoms with Crippen molar-refractivity contribution in [3.8, 4) is 0 Å². The highest BCUT2D eigenvalue weighted by Crippen LogP contribution is 2.49. The van der Waals surface area contributed by atoms with Crippen LogP contribution in [0.3, 0.4) is 0 Å². The molecule has 25 heavy (non-hydrogen) atoms.